The second kappa shape index (κ2) is 4.28. The van der Waals surface area contributed by atoms with Crippen LogP contribution in [0.2, 0.25) is 0 Å². The largest absolute Gasteiger partial charge is 0.389 e. The lowest BCUT2D eigenvalue weighted by molar-refractivity contribution is 0.0267. The Hall–Kier alpha value is -0.120. The average Bonchev–Trinajstić information content (AvgIpc) is 2.84. The van der Waals surface area contributed by atoms with E-state index in [0.717, 1.165) is 32.7 Å². The van der Waals surface area contributed by atoms with Crippen molar-refractivity contribution in [2.45, 2.75) is 51.7 Å². The summed E-state index contributed by atoms with van der Waals surface area (Å²) in [6.07, 6.45) is 3.82. The first-order chi connectivity index (χ1) is 7.41. The van der Waals surface area contributed by atoms with Gasteiger partial charge < -0.3 is 9.84 Å². The van der Waals surface area contributed by atoms with Crippen LogP contribution in [0.5, 0.6) is 0 Å². The van der Waals surface area contributed by atoms with Gasteiger partial charge in [-0.2, -0.15) is 0 Å². The summed E-state index contributed by atoms with van der Waals surface area (Å²) in [4.78, 5) is 2.40. The van der Waals surface area contributed by atoms with Crippen LogP contribution in [0.4, 0.5) is 0 Å². The Morgan fingerprint density at radius 3 is 2.44 bits per heavy atom. The Morgan fingerprint density at radius 1 is 1.31 bits per heavy atom. The van der Waals surface area contributed by atoms with Gasteiger partial charge >= 0.3 is 0 Å². The molecule has 2 rings (SSSR count). The fourth-order valence-corrected chi connectivity index (χ4v) is 2.52. The molecule has 1 aliphatic carbocycles. The molecule has 0 aromatic carbocycles. The van der Waals surface area contributed by atoms with E-state index in [0.29, 0.717) is 11.5 Å². The summed E-state index contributed by atoms with van der Waals surface area (Å²) in [6.45, 7) is 10.00. The fourth-order valence-electron chi connectivity index (χ4n) is 2.52. The van der Waals surface area contributed by atoms with Crippen LogP contribution in [0.3, 0.4) is 0 Å². The molecule has 1 unspecified atom stereocenters. The maximum Gasteiger partial charge on any atom is 0.0758 e. The molecule has 1 saturated carbocycles. The second-order valence-corrected chi connectivity index (χ2v) is 6.32. The summed E-state index contributed by atoms with van der Waals surface area (Å²) in [7, 11) is 0. The van der Waals surface area contributed by atoms with Crippen LogP contribution < -0.4 is 0 Å². The Bertz CT molecular complexity index is 246. The zero-order valence-electron chi connectivity index (χ0n) is 10.8. The van der Waals surface area contributed by atoms with Crippen LogP contribution in [-0.2, 0) is 4.74 Å². The number of hydrogen-bond donors (Lipinski definition) is 1. The summed E-state index contributed by atoms with van der Waals surface area (Å²) in [5.74, 6) is 0. The van der Waals surface area contributed by atoms with Crippen molar-refractivity contribution in [3.05, 3.63) is 0 Å². The van der Waals surface area contributed by atoms with Crippen molar-refractivity contribution < 1.29 is 9.84 Å². The zero-order chi connectivity index (χ0) is 11.8. The molecule has 0 aromatic rings. The van der Waals surface area contributed by atoms with Gasteiger partial charge in [0.1, 0.15) is 0 Å². The molecule has 3 heteroatoms. The SMILES string of the molecule is CC(C)OCC1(CN2CCC(C)(O)C2)CC1. The van der Waals surface area contributed by atoms with E-state index in [1.807, 2.05) is 6.92 Å². The van der Waals surface area contributed by atoms with Crippen LogP contribution in [0.15, 0.2) is 0 Å². The molecule has 0 radical (unpaired) electrons. The lowest BCUT2D eigenvalue weighted by atomic mass is 10.1. The molecule has 0 aromatic heterocycles. The van der Waals surface area contributed by atoms with E-state index >= 15 is 0 Å². The van der Waals surface area contributed by atoms with Crippen molar-refractivity contribution in [1.29, 1.82) is 0 Å². The van der Waals surface area contributed by atoms with E-state index in [2.05, 4.69) is 18.7 Å². The highest BCUT2D eigenvalue weighted by Gasteiger charge is 2.46. The molecule has 3 nitrogen and oxygen atoms in total. The zero-order valence-corrected chi connectivity index (χ0v) is 10.8. The maximum atomic E-state index is 9.93. The van der Waals surface area contributed by atoms with Gasteiger partial charge in [-0.3, -0.25) is 4.90 Å². The minimum atomic E-state index is -0.463. The van der Waals surface area contributed by atoms with Gasteiger partial charge in [-0.1, -0.05) is 0 Å². The number of hydrogen-bond acceptors (Lipinski definition) is 3. The number of nitrogens with zero attached hydrogens (tertiary/aromatic N) is 1. The molecule has 1 aliphatic heterocycles. The third kappa shape index (κ3) is 3.19. The van der Waals surface area contributed by atoms with Crippen molar-refractivity contribution in [2.75, 3.05) is 26.2 Å². The summed E-state index contributed by atoms with van der Waals surface area (Å²) in [5, 5.41) is 9.93. The van der Waals surface area contributed by atoms with Crippen LogP contribution in [0, 0.1) is 5.41 Å². The second-order valence-electron chi connectivity index (χ2n) is 6.32. The molecule has 94 valence electrons. The van der Waals surface area contributed by atoms with Crippen molar-refractivity contribution in [1.82, 2.24) is 4.90 Å². The van der Waals surface area contributed by atoms with E-state index in [4.69, 9.17) is 4.74 Å². The Labute approximate surface area is 98.8 Å². The number of aliphatic hydroxyl groups is 1. The third-order valence-electron chi connectivity index (χ3n) is 3.77. The molecule has 16 heavy (non-hydrogen) atoms. The van der Waals surface area contributed by atoms with Gasteiger partial charge in [-0.15, -0.1) is 0 Å². The van der Waals surface area contributed by atoms with Gasteiger partial charge in [0.25, 0.3) is 0 Å². The highest BCUT2D eigenvalue weighted by molar-refractivity contribution is 4.98. The first-order valence-electron chi connectivity index (χ1n) is 6.47. The molecular formula is C13H25NO2. The summed E-state index contributed by atoms with van der Waals surface area (Å²) >= 11 is 0. The average molecular weight is 227 g/mol. The first kappa shape index (κ1) is 12.3. The summed E-state index contributed by atoms with van der Waals surface area (Å²) in [5.41, 5.74) is -0.0559. The Morgan fingerprint density at radius 2 is 2.00 bits per heavy atom. The van der Waals surface area contributed by atoms with E-state index in [1.165, 1.54) is 12.8 Å². The topological polar surface area (TPSA) is 32.7 Å². The summed E-state index contributed by atoms with van der Waals surface area (Å²) in [6, 6.07) is 0. The molecule has 2 fully saturated rings. The lowest BCUT2D eigenvalue weighted by Crippen LogP contribution is -2.35. The third-order valence-corrected chi connectivity index (χ3v) is 3.77. The molecule has 1 N–H and O–H groups in total. The quantitative estimate of drug-likeness (QED) is 0.775. The molecule has 0 spiro atoms. The molecule has 2 aliphatic rings. The fraction of sp³-hybridized carbons (Fsp3) is 1.00. The smallest absolute Gasteiger partial charge is 0.0758 e. The van der Waals surface area contributed by atoms with Gasteiger partial charge in [0.05, 0.1) is 18.3 Å². The van der Waals surface area contributed by atoms with Crippen LogP contribution in [-0.4, -0.2) is 48.0 Å². The predicted octanol–water partition coefficient (Wildman–Crippen LogP) is 1.65. The van der Waals surface area contributed by atoms with Gasteiger partial charge in [-0.25, -0.2) is 0 Å². The van der Waals surface area contributed by atoms with Crippen LogP contribution in [0.1, 0.15) is 40.0 Å². The predicted molar refractivity (Wildman–Crippen MR) is 64.4 cm³/mol. The van der Waals surface area contributed by atoms with Gasteiger partial charge in [0.2, 0.25) is 0 Å². The number of ether oxygens (including phenoxy) is 1. The molecule has 1 atom stereocenters. The minimum Gasteiger partial charge on any atom is -0.389 e. The number of rotatable bonds is 5. The Balaban J connectivity index is 1.77. The van der Waals surface area contributed by atoms with Crippen molar-refractivity contribution in [3.8, 4) is 0 Å². The number of β-amino-alcohol motifs (C(OH)–C–C–N with tert-alkyl or cyclic N) is 1. The van der Waals surface area contributed by atoms with E-state index in [1.54, 1.807) is 0 Å². The number of likely N-dealkylation sites (tertiary alicyclic amines) is 1. The van der Waals surface area contributed by atoms with E-state index in [-0.39, 0.29) is 0 Å². The van der Waals surface area contributed by atoms with Gasteiger partial charge in [0.15, 0.2) is 0 Å². The minimum absolute atomic E-state index is 0.333. The summed E-state index contributed by atoms with van der Waals surface area (Å²) < 4.78 is 5.74. The molecule has 1 saturated heterocycles. The van der Waals surface area contributed by atoms with E-state index in [9.17, 15) is 5.11 Å². The van der Waals surface area contributed by atoms with Gasteiger partial charge in [-0.05, 0) is 40.0 Å². The highest BCUT2D eigenvalue weighted by Crippen LogP contribution is 2.47. The standard InChI is InChI=1S/C13H25NO2/c1-11(2)16-10-13(4-5-13)9-14-7-6-12(3,15)8-14/h11,15H,4-10H2,1-3H3. The normalized spacial score (nSPS) is 33.6. The maximum absolute atomic E-state index is 9.93. The van der Waals surface area contributed by atoms with Crippen molar-refractivity contribution in [2.24, 2.45) is 5.41 Å². The first-order valence-corrected chi connectivity index (χ1v) is 6.47. The molecular weight excluding hydrogens is 202 g/mol. The van der Waals surface area contributed by atoms with E-state index < -0.39 is 5.60 Å². The van der Waals surface area contributed by atoms with Crippen molar-refractivity contribution in [3.63, 3.8) is 0 Å². The van der Waals surface area contributed by atoms with Crippen LogP contribution >= 0.6 is 0 Å². The molecule has 0 amide bonds. The Kier molecular flexibility index (Phi) is 3.30. The van der Waals surface area contributed by atoms with Crippen LogP contribution in [0.25, 0.3) is 0 Å². The van der Waals surface area contributed by atoms with Crippen molar-refractivity contribution >= 4 is 0 Å². The molecule has 0 bridgehead atoms. The molecule has 1 heterocycles. The lowest BCUT2D eigenvalue weighted by Gasteiger charge is -2.25. The van der Waals surface area contributed by atoms with Gasteiger partial charge in [0, 0.05) is 25.0 Å². The monoisotopic (exact) mass is 227 g/mol. The highest BCUT2D eigenvalue weighted by atomic mass is 16.5.